The summed E-state index contributed by atoms with van der Waals surface area (Å²) >= 11 is 5.74. The fraction of sp³-hybridized carbons (Fsp3) is 0.667. The van der Waals surface area contributed by atoms with Crippen LogP contribution in [-0.2, 0) is 0 Å². The Balaban J connectivity index is 1.90. The van der Waals surface area contributed by atoms with Gasteiger partial charge in [0.2, 0.25) is 17.2 Å². The molecule has 2 N–H and O–H groups in total. The van der Waals surface area contributed by atoms with Crippen LogP contribution < -0.4 is 10.6 Å². The van der Waals surface area contributed by atoms with Gasteiger partial charge in [0.05, 0.1) is 0 Å². The molecule has 0 amide bonds. The molecule has 6 heteroatoms. The van der Waals surface area contributed by atoms with Gasteiger partial charge in [-0.1, -0.05) is 12.8 Å². The predicted molar refractivity (Wildman–Crippen MR) is 60.2 cm³/mol. The molecule has 2 rings (SSSR count). The first-order chi connectivity index (χ1) is 7.28. The number of aromatic nitrogens is 3. The quantitative estimate of drug-likeness (QED) is 0.803. The second-order valence-corrected chi connectivity index (χ2v) is 4.00. The van der Waals surface area contributed by atoms with Gasteiger partial charge in [0, 0.05) is 13.6 Å². The topological polar surface area (TPSA) is 62.7 Å². The van der Waals surface area contributed by atoms with Gasteiger partial charge in [0.15, 0.2) is 0 Å². The Morgan fingerprint density at radius 2 is 2.00 bits per heavy atom. The molecule has 0 spiro atoms. The highest BCUT2D eigenvalue weighted by Crippen LogP contribution is 2.31. The van der Waals surface area contributed by atoms with Crippen LogP contribution in [0.4, 0.5) is 11.9 Å². The van der Waals surface area contributed by atoms with Crippen molar-refractivity contribution >= 4 is 23.5 Å². The third-order valence-electron chi connectivity index (χ3n) is 2.36. The van der Waals surface area contributed by atoms with E-state index in [9.17, 15) is 0 Å². The molecule has 15 heavy (non-hydrogen) atoms. The SMILES string of the molecule is CNc1nc(Cl)nc(NCCC2CC2)n1. The molecule has 0 aliphatic heterocycles. The molecular weight excluding hydrogens is 214 g/mol. The first-order valence-electron chi connectivity index (χ1n) is 5.11. The molecule has 0 aromatic carbocycles. The van der Waals surface area contributed by atoms with Crippen LogP contribution in [-0.4, -0.2) is 28.5 Å². The van der Waals surface area contributed by atoms with Gasteiger partial charge in [-0.25, -0.2) is 0 Å². The van der Waals surface area contributed by atoms with E-state index < -0.39 is 0 Å². The lowest BCUT2D eigenvalue weighted by Gasteiger charge is -2.05. The van der Waals surface area contributed by atoms with E-state index in [-0.39, 0.29) is 5.28 Å². The first kappa shape index (κ1) is 10.4. The van der Waals surface area contributed by atoms with E-state index >= 15 is 0 Å². The van der Waals surface area contributed by atoms with Gasteiger partial charge in [0.1, 0.15) is 0 Å². The minimum absolute atomic E-state index is 0.211. The van der Waals surface area contributed by atoms with Crippen molar-refractivity contribution in [3.8, 4) is 0 Å². The maximum atomic E-state index is 5.74. The third kappa shape index (κ3) is 3.20. The van der Waals surface area contributed by atoms with Crippen LogP contribution in [0.3, 0.4) is 0 Å². The summed E-state index contributed by atoms with van der Waals surface area (Å²) in [6.07, 6.45) is 3.90. The van der Waals surface area contributed by atoms with Crippen LogP contribution >= 0.6 is 11.6 Å². The first-order valence-corrected chi connectivity index (χ1v) is 5.49. The molecule has 0 saturated heterocycles. The van der Waals surface area contributed by atoms with Crippen molar-refractivity contribution < 1.29 is 0 Å². The summed E-state index contributed by atoms with van der Waals surface area (Å²) in [4.78, 5) is 12.0. The molecular formula is C9H14ClN5. The highest BCUT2D eigenvalue weighted by Gasteiger charge is 2.20. The Morgan fingerprint density at radius 1 is 1.27 bits per heavy atom. The molecule has 0 unspecified atom stereocenters. The lowest BCUT2D eigenvalue weighted by atomic mass is 10.3. The van der Waals surface area contributed by atoms with Crippen molar-refractivity contribution in [1.29, 1.82) is 0 Å². The summed E-state index contributed by atoms with van der Waals surface area (Å²) < 4.78 is 0. The van der Waals surface area contributed by atoms with Crippen LogP contribution in [0, 0.1) is 5.92 Å². The molecule has 5 nitrogen and oxygen atoms in total. The van der Waals surface area contributed by atoms with Crippen molar-refractivity contribution in [3.05, 3.63) is 5.28 Å². The number of hydrogen-bond donors (Lipinski definition) is 2. The van der Waals surface area contributed by atoms with Crippen molar-refractivity contribution in [3.63, 3.8) is 0 Å². The molecule has 0 bridgehead atoms. The summed E-state index contributed by atoms with van der Waals surface area (Å²) in [7, 11) is 1.75. The van der Waals surface area contributed by atoms with Crippen molar-refractivity contribution in [1.82, 2.24) is 15.0 Å². The van der Waals surface area contributed by atoms with Crippen LogP contribution in [0.1, 0.15) is 19.3 Å². The van der Waals surface area contributed by atoms with Crippen LogP contribution in [0.15, 0.2) is 0 Å². The van der Waals surface area contributed by atoms with Gasteiger partial charge in [-0.2, -0.15) is 15.0 Å². The molecule has 1 fully saturated rings. The zero-order valence-corrected chi connectivity index (χ0v) is 9.38. The van der Waals surface area contributed by atoms with E-state index in [0.29, 0.717) is 11.9 Å². The van der Waals surface area contributed by atoms with Crippen LogP contribution in [0.25, 0.3) is 0 Å². The number of nitrogens with zero attached hydrogens (tertiary/aromatic N) is 3. The highest BCUT2D eigenvalue weighted by atomic mass is 35.5. The Morgan fingerprint density at radius 3 is 2.67 bits per heavy atom. The highest BCUT2D eigenvalue weighted by molar-refractivity contribution is 6.28. The van der Waals surface area contributed by atoms with E-state index in [0.717, 1.165) is 12.5 Å². The third-order valence-corrected chi connectivity index (χ3v) is 2.53. The number of rotatable bonds is 5. The average Bonchev–Trinajstić information content (AvgIpc) is 3.01. The zero-order valence-electron chi connectivity index (χ0n) is 8.63. The lowest BCUT2D eigenvalue weighted by molar-refractivity contribution is 0.755. The van der Waals surface area contributed by atoms with Crippen molar-refractivity contribution in [2.24, 2.45) is 5.92 Å². The molecule has 1 heterocycles. The standard InChI is InChI=1S/C9H14ClN5/c1-11-8-13-7(10)14-9(15-8)12-5-4-6-2-3-6/h6H,2-5H2,1H3,(H2,11,12,13,14,15). The molecule has 1 aliphatic carbocycles. The van der Waals surface area contributed by atoms with E-state index in [4.69, 9.17) is 11.6 Å². The molecule has 1 aliphatic rings. The van der Waals surface area contributed by atoms with Crippen LogP contribution in [0.2, 0.25) is 5.28 Å². The van der Waals surface area contributed by atoms with Gasteiger partial charge in [-0.05, 0) is 23.9 Å². The Bertz CT molecular complexity index is 339. The average molecular weight is 228 g/mol. The lowest BCUT2D eigenvalue weighted by Crippen LogP contribution is -2.08. The second kappa shape index (κ2) is 4.61. The maximum Gasteiger partial charge on any atom is 0.228 e. The monoisotopic (exact) mass is 227 g/mol. The van der Waals surface area contributed by atoms with E-state index in [2.05, 4.69) is 25.6 Å². The van der Waals surface area contributed by atoms with E-state index in [1.54, 1.807) is 7.05 Å². The molecule has 1 aromatic heterocycles. The summed E-state index contributed by atoms with van der Waals surface area (Å²) in [5.41, 5.74) is 0. The van der Waals surface area contributed by atoms with Crippen molar-refractivity contribution in [2.75, 3.05) is 24.2 Å². The minimum Gasteiger partial charge on any atom is -0.357 e. The summed E-state index contributed by atoms with van der Waals surface area (Å²) in [6.45, 7) is 0.897. The predicted octanol–water partition coefficient (Wildman–Crippen LogP) is 1.78. The molecule has 1 aromatic rings. The second-order valence-electron chi connectivity index (χ2n) is 3.66. The Hall–Kier alpha value is -1.10. The molecule has 82 valence electrons. The van der Waals surface area contributed by atoms with E-state index in [1.165, 1.54) is 19.3 Å². The number of hydrogen-bond acceptors (Lipinski definition) is 5. The number of anilines is 2. The Labute approximate surface area is 93.7 Å². The summed E-state index contributed by atoms with van der Waals surface area (Å²) in [6, 6.07) is 0. The molecule has 0 radical (unpaired) electrons. The fourth-order valence-corrected chi connectivity index (χ4v) is 1.50. The van der Waals surface area contributed by atoms with Gasteiger partial charge < -0.3 is 10.6 Å². The Kier molecular flexibility index (Phi) is 3.20. The van der Waals surface area contributed by atoms with Crippen LogP contribution in [0.5, 0.6) is 0 Å². The maximum absolute atomic E-state index is 5.74. The normalized spacial score (nSPS) is 15.1. The van der Waals surface area contributed by atoms with Gasteiger partial charge >= 0.3 is 0 Å². The fourth-order valence-electron chi connectivity index (χ4n) is 1.34. The zero-order chi connectivity index (χ0) is 10.7. The van der Waals surface area contributed by atoms with Gasteiger partial charge in [-0.15, -0.1) is 0 Å². The summed E-state index contributed by atoms with van der Waals surface area (Å²) in [5, 5.41) is 6.19. The smallest absolute Gasteiger partial charge is 0.228 e. The number of halogens is 1. The molecule has 1 saturated carbocycles. The summed E-state index contributed by atoms with van der Waals surface area (Å²) in [5.74, 6) is 1.93. The van der Waals surface area contributed by atoms with Crippen molar-refractivity contribution in [2.45, 2.75) is 19.3 Å². The minimum atomic E-state index is 0.211. The largest absolute Gasteiger partial charge is 0.357 e. The van der Waals surface area contributed by atoms with Gasteiger partial charge in [-0.3, -0.25) is 0 Å². The number of nitrogens with one attached hydrogen (secondary N) is 2. The molecule has 0 atom stereocenters. The van der Waals surface area contributed by atoms with Gasteiger partial charge in [0.25, 0.3) is 0 Å². The van der Waals surface area contributed by atoms with E-state index in [1.807, 2.05) is 0 Å².